The van der Waals surface area contributed by atoms with Gasteiger partial charge in [0.05, 0.1) is 5.52 Å². The molecule has 1 atom stereocenters. The Morgan fingerprint density at radius 3 is 2.64 bits per heavy atom. The third kappa shape index (κ3) is 2.89. The Kier molecular flexibility index (Phi) is 4.39. The smallest absolute Gasteiger partial charge is 0.0515 e. The van der Waals surface area contributed by atoms with E-state index in [1.165, 1.54) is 28.5 Å². The van der Waals surface area contributed by atoms with Crippen molar-refractivity contribution in [3.63, 3.8) is 0 Å². The van der Waals surface area contributed by atoms with Crippen molar-refractivity contribution in [2.45, 2.75) is 45.7 Å². The lowest BCUT2D eigenvalue weighted by molar-refractivity contribution is 0.245. The van der Waals surface area contributed by atoms with E-state index >= 15 is 0 Å². The van der Waals surface area contributed by atoms with E-state index < -0.39 is 0 Å². The van der Waals surface area contributed by atoms with Crippen molar-refractivity contribution < 1.29 is 0 Å². The van der Waals surface area contributed by atoms with Crippen molar-refractivity contribution in [1.82, 2.24) is 9.47 Å². The minimum atomic E-state index is 0.503. The summed E-state index contributed by atoms with van der Waals surface area (Å²) < 4.78 is 2.63. The number of nitrogens with zero attached hydrogens (tertiary/aromatic N) is 2. The van der Waals surface area contributed by atoms with Crippen LogP contribution in [0.25, 0.3) is 10.9 Å². The Hall–Kier alpha value is -2.06. The second kappa shape index (κ2) is 6.68. The predicted octanol–water partition coefficient (Wildman–Crippen LogP) is 5.13. The molecule has 0 fully saturated rings. The second-order valence-electron chi connectivity index (χ2n) is 7.48. The van der Waals surface area contributed by atoms with Gasteiger partial charge in [0.1, 0.15) is 0 Å². The normalized spacial score (nSPS) is 17.8. The number of hydrogen-bond donors (Lipinski definition) is 0. The first kappa shape index (κ1) is 16.4. The quantitative estimate of drug-likeness (QED) is 0.643. The summed E-state index contributed by atoms with van der Waals surface area (Å²) in [5.74, 6) is 0. The van der Waals surface area contributed by atoms with Crippen molar-refractivity contribution >= 4 is 10.9 Å². The van der Waals surface area contributed by atoms with Gasteiger partial charge >= 0.3 is 0 Å². The van der Waals surface area contributed by atoms with Crippen LogP contribution in [-0.4, -0.2) is 23.1 Å². The van der Waals surface area contributed by atoms with Gasteiger partial charge in [0.25, 0.3) is 0 Å². The summed E-state index contributed by atoms with van der Waals surface area (Å²) in [6.45, 7) is 6.88. The fraction of sp³-hybridized carbons (Fsp3) is 0.391. The maximum absolute atomic E-state index is 2.63. The monoisotopic (exact) mass is 332 g/mol. The number of para-hydroxylation sites is 1. The summed E-state index contributed by atoms with van der Waals surface area (Å²) >= 11 is 0. The molecule has 2 heteroatoms. The van der Waals surface area contributed by atoms with Crippen LogP contribution in [-0.2, 0) is 19.4 Å². The van der Waals surface area contributed by atoms with Gasteiger partial charge in [-0.1, -0.05) is 48.5 Å². The van der Waals surface area contributed by atoms with E-state index in [9.17, 15) is 0 Å². The van der Waals surface area contributed by atoms with E-state index in [-0.39, 0.29) is 0 Å². The molecule has 2 heterocycles. The summed E-state index contributed by atoms with van der Waals surface area (Å²) in [5, 5.41) is 1.47. The molecule has 0 bridgehead atoms. The topological polar surface area (TPSA) is 8.17 Å². The maximum Gasteiger partial charge on any atom is 0.0515 e. The summed E-state index contributed by atoms with van der Waals surface area (Å²) in [4.78, 5) is 2.48. The van der Waals surface area contributed by atoms with Gasteiger partial charge in [-0.3, -0.25) is 4.90 Å². The lowest BCUT2D eigenvalue weighted by atomic mass is 9.97. The molecule has 25 heavy (non-hydrogen) atoms. The van der Waals surface area contributed by atoms with Crippen LogP contribution in [0.2, 0.25) is 0 Å². The van der Waals surface area contributed by atoms with Crippen molar-refractivity contribution in [3.05, 3.63) is 70.9 Å². The molecular formula is C23H28N2. The van der Waals surface area contributed by atoms with Crippen molar-refractivity contribution in [3.8, 4) is 0 Å². The van der Waals surface area contributed by atoms with E-state index in [1.807, 2.05) is 0 Å². The lowest BCUT2D eigenvalue weighted by Gasteiger charge is -2.31. The summed E-state index contributed by atoms with van der Waals surface area (Å²) in [6.07, 6.45) is 3.51. The first-order valence-electron chi connectivity index (χ1n) is 9.51. The largest absolute Gasteiger partial charge is 0.344 e. The standard InChI is InChI=1S/C23H28N2/c1-17-9-7-13-20-22-18(2)24(3)16-14-21(22)25(23(17)20)15-8-12-19-10-5-4-6-11-19/h4-7,9-11,13,18H,8,12,14-16H2,1-3H3. The molecule has 0 aliphatic carbocycles. The van der Waals surface area contributed by atoms with E-state index in [0.717, 1.165) is 25.9 Å². The number of rotatable bonds is 4. The van der Waals surface area contributed by atoms with E-state index in [4.69, 9.17) is 0 Å². The van der Waals surface area contributed by atoms with Crippen LogP contribution in [0.15, 0.2) is 48.5 Å². The molecule has 1 aliphatic heterocycles. The summed E-state index contributed by atoms with van der Waals surface area (Å²) in [7, 11) is 2.25. The molecule has 1 unspecified atom stereocenters. The van der Waals surface area contributed by atoms with Gasteiger partial charge in [-0.25, -0.2) is 0 Å². The molecule has 0 radical (unpaired) electrons. The minimum absolute atomic E-state index is 0.503. The molecule has 0 saturated heterocycles. The van der Waals surface area contributed by atoms with Crippen molar-refractivity contribution in [2.24, 2.45) is 0 Å². The number of benzene rings is 2. The Morgan fingerprint density at radius 2 is 1.84 bits per heavy atom. The number of likely N-dealkylation sites (N-methyl/N-ethyl adjacent to an activating group) is 1. The maximum atomic E-state index is 2.63. The van der Waals surface area contributed by atoms with Gasteiger partial charge in [0.15, 0.2) is 0 Å². The molecule has 1 aromatic heterocycles. The fourth-order valence-electron chi connectivity index (χ4n) is 4.44. The Morgan fingerprint density at radius 1 is 1.04 bits per heavy atom. The summed E-state index contributed by atoms with van der Waals surface area (Å²) in [6, 6.07) is 18.2. The highest BCUT2D eigenvalue weighted by Gasteiger charge is 2.28. The third-order valence-corrected chi connectivity index (χ3v) is 5.90. The minimum Gasteiger partial charge on any atom is -0.344 e. The van der Waals surface area contributed by atoms with Gasteiger partial charge < -0.3 is 4.57 Å². The van der Waals surface area contributed by atoms with Crippen LogP contribution in [0.3, 0.4) is 0 Å². The van der Waals surface area contributed by atoms with E-state index in [1.54, 1.807) is 11.3 Å². The molecule has 0 saturated carbocycles. The molecule has 2 nitrogen and oxygen atoms in total. The van der Waals surface area contributed by atoms with Gasteiger partial charge in [-0.2, -0.15) is 0 Å². The number of hydrogen-bond acceptors (Lipinski definition) is 1. The number of fused-ring (bicyclic) bond motifs is 3. The molecule has 130 valence electrons. The first-order chi connectivity index (χ1) is 12.2. The lowest BCUT2D eigenvalue weighted by Crippen LogP contribution is -2.31. The summed E-state index contributed by atoms with van der Waals surface area (Å²) in [5.41, 5.74) is 7.44. The molecule has 0 N–H and O–H groups in total. The molecule has 0 amide bonds. The van der Waals surface area contributed by atoms with Gasteiger partial charge in [-0.15, -0.1) is 0 Å². The van der Waals surface area contributed by atoms with Crippen molar-refractivity contribution in [2.75, 3.05) is 13.6 Å². The Balaban J connectivity index is 1.71. The Bertz CT molecular complexity index is 876. The first-order valence-corrected chi connectivity index (χ1v) is 9.51. The van der Waals surface area contributed by atoms with Gasteiger partial charge in [0.2, 0.25) is 0 Å². The van der Waals surface area contributed by atoms with Crippen LogP contribution in [0.4, 0.5) is 0 Å². The molecule has 2 aromatic carbocycles. The predicted molar refractivity (Wildman–Crippen MR) is 106 cm³/mol. The van der Waals surface area contributed by atoms with Crippen LogP contribution in [0.5, 0.6) is 0 Å². The molecule has 0 spiro atoms. The Labute approximate surface area is 151 Å². The average Bonchev–Trinajstić information content (AvgIpc) is 2.95. The van der Waals surface area contributed by atoms with Gasteiger partial charge in [0, 0.05) is 36.6 Å². The molecule has 3 aromatic rings. The highest BCUT2D eigenvalue weighted by Crippen LogP contribution is 2.38. The number of aryl methyl sites for hydroxylation is 3. The van der Waals surface area contributed by atoms with E-state index in [0.29, 0.717) is 6.04 Å². The molecule has 1 aliphatic rings. The zero-order valence-corrected chi connectivity index (χ0v) is 15.6. The van der Waals surface area contributed by atoms with Crippen LogP contribution >= 0.6 is 0 Å². The zero-order chi connectivity index (χ0) is 17.4. The van der Waals surface area contributed by atoms with E-state index in [2.05, 4.69) is 78.9 Å². The van der Waals surface area contributed by atoms with Crippen LogP contribution < -0.4 is 0 Å². The SMILES string of the molecule is Cc1cccc2c3c(n(CCCc4ccccc4)c12)CCN(C)C3C. The highest BCUT2D eigenvalue weighted by molar-refractivity contribution is 5.89. The van der Waals surface area contributed by atoms with Crippen LogP contribution in [0, 0.1) is 6.92 Å². The fourth-order valence-corrected chi connectivity index (χ4v) is 4.44. The zero-order valence-electron chi connectivity index (χ0n) is 15.6. The molecule has 4 rings (SSSR count). The highest BCUT2D eigenvalue weighted by atomic mass is 15.1. The van der Waals surface area contributed by atoms with Crippen LogP contribution in [0.1, 0.15) is 41.8 Å². The average molecular weight is 332 g/mol. The van der Waals surface area contributed by atoms with Crippen molar-refractivity contribution in [1.29, 1.82) is 0 Å². The molecular weight excluding hydrogens is 304 g/mol. The second-order valence-corrected chi connectivity index (χ2v) is 7.48. The number of aromatic nitrogens is 1. The van der Waals surface area contributed by atoms with Gasteiger partial charge in [-0.05, 0) is 50.4 Å². The third-order valence-electron chi connectivity index (χ3n) is 5.90.